The van der Waals surface area contributed by atoms with E-state index in [-0.39, 0.29) is 12.5 Å². The zero-order valence-electron chi connectivity index (χ0n) is 7.24. The predicted molar refractivity (Wildman–Crippen MR) is 46.8 cm³/mol. The van der Waals surface area contributed by atoms with E-state index in [1.54, 1.807) is 0 Å². The van der Waals surface area contributed by atoms with Crippen molar-refractivity contribution in [3.05, 3.63) is 36.3 Å². The van der Waals surface area contributed by atoms with Crippen LogP contribution >= 0.6 is 0 Å². The Morgan fingerprint density at radius 2 is 2.50 bits per heavy atom. The number of nitrogens with zero attached hydrogens (tertiary/aromatic N) is 1. The highest BCUT2D eigenvalue weighted by Gasteiger charge is 2.15. The van der Waals surface area contributed by atoms with Crippen LogP contribution in [0.25, 0.3) is 0 Å². The summed E-state index contributed by atoms with van der Waals surface area (Å²) in [6, 6.07) is 1.07. The molecule has 0 fully saturated rings. The number of hydrogen-bond donors (Lipinski definition) is 1. The van der Waals surface area contributed by atoms with E-state index in [0.29, 0.717) is 0 Å². The lowest BCUT2D eigenvalue weighted by Gasteiger charge is -2.04. The number of carboxylic acid groups (broad SMARTS) is 1. The Morgan fingerprint density at radius 1 is 1.79 bits per heavy atom. The van der Waals surface area contributed by atoms with Crippen molar-refractivity contribution in [3.63, 3.8) is 0 Å². The second-order valence-electron chi connectivity index (χ2n) is 2.38. The smallest absolute Gasteiger partial charge is 0.338 e. The maximum absolute atomic E-state index is 13.2. The lowest BCUT2D eigenvalue weighted by Crippen LogP contribution is -2.05. The molecule has 14 heavy (non-hydrogen) atoms. The third kappa shape index (κ3) is 2.07. The van der Waals surface area contributed by atoms with Gasteiger partial charge in [-0.25, -0.2) is 14.2 Å². The third-order valence-electron chi connectivity index (χ3n) is 1.43. The molecule has 0 aliphatic rings. The topological polar surface area (TPSA) is 59.4 Å². The number of aromatic carboxylic acids is 1. The fourth-order valence-electron chi connectivity index (χ4n) is 0.828. The monoisotopic (exact) mass is 197 g/mol. The van der Waals surface area contributed by atoms with Gasteiger partial charge in [0.05, 0.1) is 0 Å². The van der Waals surface area contributed by atoms with E-state index in [2.05, 4.69) is 11.6 Å². The van der Waals surface area contributed by atoms with Crippen LogP contribution in [-0.2, 0) is 0 Å². The predicted octanol–water partition coefficient (Wildman–Crippen LogP) is 1.48. The fourth-order valence-corrected chi connectivity index (χ4v) is 0.828. The van der Waals surface area contributed by atoms with Gasteiger partial charge >= 0.3 is 5.97 Å². The lowest BCUT2D eigenvalue weighted by molar-refractivity contribution is 0.0690. The molecule has 0 aliphatic carbocycles. The van der Waals surface area contributed by atoms with Gasteiger partial charge in [0.15, 0.2) is 5.82 Å². The second-order valence-corrected chi connectivity index (χ2v) is 2.38. The molecular formula is C9H8FNO3. The van der Waals surface area contributed by atoms with Crippen molar-refractivity contribution in [1.29, 1.82) is 0 Å². The first-order valence-electron chi connectivity index (χ1n) is 3.78. The molecule has 74 valence electrons. The van der Waals surface area contributed by atoms with Gasteiger partial charge in [0.25, 0.3) is 5.88 Å². The summed E-state index contributed by atoms with van der Waals surface area (Å²) >= 11 is 0. The van der Waals surface area contributed by atoms with E-state index in [4.69, 9.17) is 9.84 Å². The molecule has 0 aliphatic heterocycles. The number of ether oxygens (including phenoxy) is 1. The molecule has 0 spiro atoms. The highest BCUT2D eigenvalue weighted by atomic mass is 19.1. The molecule has 0 aromatic carbocycles. The molecule has 0 amide bonds. The molecule has 0 atom stereocenters. The van der Waals surface area contributed by atoms with E-state index < -0.39 is 17.3 Å². The summed E-state index contributed by atoms with van der Waals surface area (Å²) in [6.07, 6.45) is 2.58. The Labute approximate surface area is 79.7 Å². The summed E-state index contributed by atoms with van der Waals surface area (Å²) in [4.78, 5) is 14.1. The summed E-state index contributed by atoms with van der Waals surface area (Å²) in [7, 11) is 0. The maximum atomic E-state index is 13.2. The van der Waals surface area contributed by atoms with Crippen molar-refractivity contribution >= 4 is 5.97 Å². The standard InChI is InChI=1S/C9H8FNO3/c1-2-5-14-8-7(10)6(9(12)13)3-4-11-8/h2-4H,1,5H2,(H,12,13). The normalized spacial score (nSPS) is 9.50. The van der Waals surface area contributed by atoms with Gasteiger partial charge in [-0.15, -0.1) is 0 Å². The number of carboxylic acids is 1. The Hall–Kier alpha value is -1.91. The Bertz CT molecular complexity index is 365. The minimum Gasteiger partial charge on any atom is -0.478 e. The van der Waals surface area contributed by atoms with Crippen LogP contribution in [0.4, 0.5) is 4.39 Å². The molecule has 1 heterocycles. The van der Waals surface area contributed by atoms with E-state index >= 15 is 0 Å². The van der Waals surface area contributed by atoms with Gasteiger partial charge in [-0.2, -0.15) is 0 Å². The molecule has 5 heteroatoms. The highest BCUT2D eigenvalue weighted by molar-refractivity contribution is 5.88. The third-order valence-corrected chi connectivity index (χ3v) is 1.43. The van der Waals surface area contributed by atoms with Crippen molar-refractivity contribution in [1.82, 2.24) is 4.98 Å². The minimum absolute atomic E-state index is 0.0764. The summed E-state index contributed by atoms with van der Waals surface area (Å²) in [5.41, 5.74) is -0.459. The summed E-state index contributed by atoms with van der Waals surface area (Å²) in [6.45, 7) is 3.45. The van der Waals surface area contributed by atoms with E-state index in [9.17, 15) is 9.18 Å². The largest absolute Gasteiger partial charge is 0.478 e. The first-order chi connectivity index (χ1) is 6.66. The minimum atomic E-state index is -1.35. The zero-order chi connectivity index (χ0) is 10.6. The first kappa shape index (κ1) is 10.2. The molecule has 1 aromatic rings. The quantitative estimate of drug-likeness (QED) is 0.743. The van der Waals surface area contributed by atoms with Gasteiger partial charge in [0.1, 0.15) is 12.2 Å². The van der Waals surface area contributed by atoms with Crippen molar-refractivity contribution in [2.24, 2.45) is 0 Å². The van der Waals surface area contributed by atoms with Gasteiger partial charge in [-0.1, -0.05) is 12.7 Å². The molecular weight excluding hydrogens is 189 g/mol. The lowest BCUT2D eigenvalue weighted by atomic mass is 10.2. The van der Waals surface area contributed by atoms with Crippen molar-refractivity contribution in [2.45, 2.75) is 0 Å². The maximum Gasteiger partial charge on any atom is 0.338 e. The Balaban J connectivity index is 3.01. The van der Waals surface area contributed by atoms with Crippen molar-refractivity contribution < 1.29 is 19.0 Å². The zero-order valence-corrected chi connectivity index (χ0v) is 7.24. The van der Waals surface area contributed by atoms with Crippen molar-refractivity contribution in [2.75, 3.05) is 6.61 Å². The molecule has 0 saturated heterocycles. The summed E-state index contributed by atoms with van der Waals surface area (Å²) < 4.78 is 18.1. The van der Waals surface area contributed by atoms with Crippen molar-refractivity contribution in [3.8, 4) is 5.88 Å². The number of hydrogen-bond acceptors (Lipinski definition) is 3. The molecule has 4 nitrogen and oxygen atoms in total. The fraction of sp³-hybridized carbons (Fsp3) is 0.111. The van der Waals surface area contributed by atoms with Crippen LogP contribution in [-0.4, -0.2) is 22.7 Å². The number of pyridine rings is 1. The van der Waals surface area contributed by atoms with Crippen LogP contribution in [0.1, 0.15) is 10.4 Å². The van der Waals surface area contributed by atoms with Crippen LogP contribution in [0.5, 0.6) is 5.88 Å². The number of halogens is 1. The van der Waals surface area contributed by atoms with Gasteiger partial charge in [0.2, 0.25) is 0 Å². The van der Waals surface area contributed by atoms with Gasteiger partial charge in [-0.05, 0) is 6.07 Å². The molecule has 0 unspecified atom stereocenters. The second kappa shape index (κ2) is 4.36. The SMILES string of the molecule is C=CCOc1nccc(C(=O)O)c1F. The van der Waals surface area contributed by atoms with Crippen LogP contribution in [0, 0.1) is 5.82 Å². The number of carbonyl (C=O) groups is 1. The van der Waals surface area contributed by atoms with Gasteiger partial charge in [0, 0.05) is 6.20 Å². The van der Waals surface area contributed by atoms with E-state index in [0.717, 1.165) is 6.07 Å². The first-order valence-corrected chi connectivity index (χ1v) is 3.78. The van der Waals surface area contributed by atoms with Crippen LogP contribution in [0.3, 0.4) is 0 Å². The molecule has 1 rings (SSSR count). The summed E-state index contributed by atoms with van der Waals surface area (Å²) in [5, 5.41) is 8.57. The van der Waals surface area contributed by atoms with Gasteiger partial charge < -0.3 is 9.84 Å². The van der Waals surface area contributed by atoms with E-state index in [1.165, 1.54) is 12.3 Å². The number of rotatable bonds is 4. The average Bonchev–Trinajstić information content (AvgIpc) is 2.16. The van der Waals surface area contributed by atoms with Crippen LogP contribution < -0.4 is 4.74 Å². The molecule has 1 aromatic heterocycles. The highest BCUT2D eigenvalue weighted by Crippen LogP contribution is 2.16. The van der Waals surface area contributed by atoms with Gasteiger partial charge in [-0.3, -0.25) is 0 Å². The molecule has 0 radical (unpaired) electrons. The molecule has 0 bridgehead atoms. The average molecular weight is 197 g/mol. The Kier molecular flexibility index (Phi) is 3.17. The Morgan fingerprint density at radius 3 is 3.07 bits per heavy atom. The number of aromatic nitrogens is 1. The molecule has 1 N–H and O–H groups in total. The molecule has 0 saturated carbocycles. The van der Waals surface area contributed by atoms with Crippen LogP contribution in [0.2, 0.25) is 0 Å². The van der Waals surface area contributed by atoms with Crippen LogP contribution in [0.15, 0.2) is 24.9 Å². The van der Waals surface area contributed by atoms with E-state index in [1.807, 2.05) is 0 Å². The summed E-state index contributed by atoms with van der Waals surface area (Å²) in [5.74, 6) is -2.65.